The van der Waals surface area contributed by atoms with E-state index in [-0.39, 0.29) is 5.75 Å². The van der Waals surface area contributed by atoms with Crippen LogP contribution >= 0.6 is 0 Å². The minimum atomic E-state index is -4.43. The Balaban J connectivity index is 2.27. The quantitative estimate of drug-likeness (QED) is 0.876. The van der Waals surface area contributed by atoms with Gasteiger partial charge >= 0.3 is 0 Å². The van der Waals surface area contributed by atoms with Crippen LogP contribution in [0.2, 0.25) is 0 Å². The summed E-state index contributed by atoms with van der Waals surface area (Å²) in [4.78, 5) is -0.524. The summed E-state index contributed by atoms with van der Waals surface area (Å²) in [6, 6.07) is 9.65. The van der Waals surface area contributed by atoms with Crippen LogP contribution in [0.4, 0.5) is 4.39 Å². The molecule has 6 heteroatoms. The molecule has 1 N–H and O–H groups in total. The summed E-state index contributed by atoms with van der Waals surface area (Å²) in [5.41, 5.74) is 0.888. The highest BCUT2D eigenvalue weighted by Crippen LogP contribution is 2.26. The molecule has 0 saturated heterocycles. The number of hydrogen-bond acceptors (Lipinski definition) is 3. The van der Waals surface area contributed by atoms with E-state index in [4.69, 9.17) is 9.29 Å². The van der Waals surface area contributed by atoms with Gasteiger partial charge in [-0.05, 0) is 35.9 Å². The van der Waals surface area contributed by atoms with E-state index in [0.29, 0.717) is 11.8 Å². The molecule has 4 nitrogen and oxygen atoms in total. The monoisotopic (exact) mass is 294 g/mol. The molecule has 2 aromatic rings. The number of hydrogen-bond donors (Lipinski definition) is 1. The first-order valence-corrected chi connectivity index (χ1v) is 7.01. The minimum absolute atomic E-state index is 0.135. The fraction of sp³-hybridized carbons (Fsp3) is 0. The van der Waals surface area contributed by atoms with Crippen molar-refractivity contribution in [3.63, 3.8) is 0 Å². The minimum Gasteiger partial charge on any atom is -0.454 e. The predicted octanol–water partition coefficient (Wildman–Crippen LogP) is 3.51. The standard InChI is InChI=1S/C14H11FO4S/c1-2-10-3-5-11(6-4-10)19-14-8-7-12(9-13(14)15)20(16,17)18/h2-9H,1H2,(H,16,17,18). The van der Waals surface area contributed by atoms with Gasteiger partial charge in [0.05, 0.1) is 4.90 Å². The smallest absolute Gasteiger partial charge is 0.294 e. The van der Waals surface area contributed by atoms with Crippen molar-refractivity contribution in [3.8, 4) is 11.5 Å². The molecule has 0 amide bonds. The van der Waals surface area contributed by atoms with Crippen LogP contribution in [-0.4, -0.2) is 13.0 Å². The van der Waals surface area contributed by atoms with E-state index in [2.05, 4.69) is 6.58 Å². The molecule has 0 aromatic heterocycles. The van der Waals surface area contributed by atoms with Crippen LogP contribution in [0.5, 0.6) is 11.5 Å². The van der Waals surface area contributed by atoms with Gasteiger partial charge in [-0.15, -0.1) is 0 Å². The Morgan fingerprint density at radius 3 is 2.30 bits per heavy atom. The lowest BCUT2D eigenvalue weighted by Crippen LogP contribution is -1.99. The lowest BCUT2D eigenvalue weighted by Gasteiger charge is -2.07. The highest BCUT2D eigenvalue weighted by Gasteiger charge is 2.13. The zero-order valence-electron chi connectivity index (χ0n) is 10.3. The topological polar surface area (TPSA) is 63.6 Å². The lowest BCUT2D eigenvalue weighted by molar-refractivity contribution is 0.439. The summed E-state index contributed by atoms with van der Waals surface area (Å²) in [6.07, 6.45) is 1.66. The molecule has 20 heavy (non-hydrogen) atoms. The maximum atomic E-state index is 13.7. The number of benzene rings is 2. The summed E-state index contributed by atoms with van der Waals surface area (Å²) < 4.78 is 49.5. The number of rotatable bonds is 4. The van der Waals surface area contributed by atoms with Gasteiger partial charge in [-0.2, -0.15) is 8.42 Å². The number of ether oxygens (including phenoxy) is 1. The van der Waals surface area contributed by atoms with Crippen LogP contribution in [-0.2, 0) is 10.1 Å². The van der Waals surface area contributed by atoms with E-state index in [1.54, 1.807) is 30.3 Å². The SMILES string of the molecule is C=Cc1ccc(Oc2ccc(S(=O)(=O)O)cc2F)cc1. The molecule has 0 spiro atoms. The molecule has 0 aliphatic carbocycles. The van der Waals surface area contributed by atoms with Crippen molar-refractivity contribution in [2.75, 3.05) is 0 Å². The van der Waals surface area contributed by atoms with E-state index >= 15 is 0 Å². The highest BCUT2D eigenvalue weighted by molar-refractivity contribution is 7.85. The molecule has 0 aliphatic heterocycles. The molecule has 0 saturated carbocycles. The molecule has 0 bridgehead atoms. The van der Waals surface area contributed by atoms with Gasteiger partial charge in [0.25, 0.3) is 10.1 Å². The zero-order valence-corrected chi connectivity index (χ0v) is 11.1. The Bertz CT molecular complexity index is 736. The lowest BCUT2D eigenvalue weighted by atomic mass is 10.2. The van der Waals surface area contributed by atoms with E-state index in [1.165, 1.54) is 0 Å². The number of halogens is 1. The predicted molar refractivity (Wildman–Crippen MR) is 72.8 cm³/mol. The van der Waals surface area contributed by atoms with Crippen LogP contribution in [0, 0.1) is 5.82 Å². The maximum absolute atomic E-state index is 13.7. The first-order chi connectivity index (χ1) is 9.40. The average molecular weight is 294 g/mol. The van der Waals surface area contributed by atoms with E-state index in [0.717, 1.165) is 17.7 Å². The van der Waals surface area contributed by atoms with E-state index < -0.39 is 20.8 Å². The molecule has 2 aromatic carbocycles. The molecule has 0 aliphatic rings. The first-order valence-electron chi connectivity index (χ1n) is 5.57. The van der Waals surface area contributed by atoms with Gasteiger partial charge in [-0.25, -0.2) is 4.39 Å². The normalized spacial score (nSPS) is 11.1. The van der Waals surface area contributed by atoms with Crippen molar-refractivity contribution in [1.29, 1.82) is 0 Å². The van der Waals surface area contributed by atoms with Crippen LogP contribution < -0.4 is 4.74 Å². The van der Waals surface area contributed by atoms with Crippen molar-refractivity contribution in [3.05, 3.63) is 60.4 Å². The second-order valence-corrected chi connectivity index (χ2v) is 5.36. The second kappa shape index (κ2) is 5.44. The van der Waals surface area contributed by atoms with Gasteiger partial charge < -0.3 is 4.74 Å². The fourth-order valence-electron chi connectivity index (χ4n) is 1.52. The molecule has 0 fully saturated rings. The summed E-state index contributed by atoms with van der Waals surface area (Å²) in [5.74, 6) is -0.620. The van der Waals surface area contributed by atoms with Gasteiger partial charge in [0.2, 0.25) is 0 Å². The zero-order chi connectivity index (χ0) is 14.8. The van der Waals surface area contributed by atoms with Gasteiger partial charge in [0.15, 0.2) is 11.6 Å². The highest BCUT2D eigenvalue weighted by atomic mass is 32.2. The van der Waals surface area contributed by atoms with Gasteiger partial charge in [-0.3, -0.25) is 4.55 Å². The van der Waals surface area contributed by atoms with Crippen LogP contribution in [0.1, 0.15) is 5.56 Å². The Kier molecular flexibility index (Phi) is 3.87. The van der Waals surface area contributed by atoms with Crippen LogP contribution in [0.25, 0.3) is 6.08 Å². The Morgan fingerprint density at radius 2 is 1.80 bits per heavy atom. The molecule has 2 rings (SSSR count). The van der Waals surface area contributed by atoms with Gasteiger partial charge in [0.1, 0.15) is 5.75 Å². The van der Waals surface area contributed by atoms with E-state index in [1.807, 2.05) is 0 Å². The molecule has 0 radical (unpaired) electrons. The van der Waals surface area contributed by atoms with Crippen molar-refractivity contribution >= 4 is 16.2 Å². The summed E-state index contributed by atoms with van der Waals surface area (Å²) >= 11 is 0. The second-order valence-electron chi connectivity index (χ2n) is 3.94. The van der Waals surface area contributed by atoms with Crippen molar-refractivity contribution < 1.29 is 22.1 Å². The largest absolute Gasteiger partial charge is 0.454 e. The Labute approximate surface area is 115 Å². The third-order valence-corrected chi connectivity index (χ3v) is 3.39. The first kappa shape index (κ1) is 14.2. The molecular formula is C14H11FO4S. The van der Waals surface area contributed by atoms with Gasteiger partial charge in [0, 0.05) is 0 Å². The summed E-state index contributed by atoms with van der Waals surface area (Å²) in [7, 11) is -4.43. The fourth-order valence-corrected chi connectivity index (χ4v) is 2.02. The van der Waals surface area contributed by atoms with Crippen molar-refractivity contribution in [1.82, 2.24) is 0 Å². The van der Waals surface area contributed by atoms with Crippen LogP contribution in [0.3, 0.4) is 0 Å². The Morgan fingerprint density at radius 1 is 1.15 bits per heavy atom. The molecule has 104 valence electrons. The van der Waals surface area contributed by atoms with Crippen molar-refractivity contribution in [2.24, 2.45) is 0 Å². The molecule has 0 heterocycles. The maximum Gasteiger partial charge on any atom is 0.294 e. The average Bonchev–Trinajstić information content (AvgIpc) is 2.41. The summed E-state index contributed by atoms with van der Waals surface area (Å²) in [5, 5.41) is 0. The van der Waals surface area contributed by atoms with Crippen molar-refractivity contribution in [2.45, 2.75) is 4.90 Å². The van der Waals surface area contributed by atoms with Gasteiger partial charge in [-0.1, -0.05) is 24.8 Å². The third kappa shape index (κ3) is 3.23. The third-order valence-electron chi connectivity index (χ3n) is 2.54. The Hall–Kier alpha value is -2.18. The molecule has 0 atom stereocenters. The summed E-state index contributed by atoms with van der Waals surface area (Å²) in [6.45, 7) is 3.61. The molecule has 0 unspecified atom stereocenters. The molecular weight excluding hydrogens is 283 g/mol. The van der Waals surface area contributed by atoms with E-state index in [9.17, 15) is 12.8 Å². The van der Waals surface area contributed by atoms with Crippen LogP contribution in [0.15, 0.2) is 53.9 Å².